The first-order chi connectivity index (χ1) is 11.0. The van der Waals surface area contributed by atoms with Gasteiger partial charge in [-0.05, 0) is 37.8 Å². The van der Waals surface area contributed by atoms with E-state index in [1.54, 1.807) is 6.92 Å². The number of carbonyl (C=O) groups excluding carboxylic acids is 1. The highest BCUT2D eigenvalue weighted by Crippen LogP contribution is 2.28. The van der Waals surface area contributed by atoms with Gasteiger partial charge in [0.05, 0.1) is 18.8 Å². The Hall–Kier alpha value is -2.13. The number of piperidine rings is 1. The predicted octanol–water partition coefficient (Wildman–Crippen LogP) is 2.34. The number of aliphatic hydroxyl groups is 1. The Morgan fingerprint density at radius 2 is 1.87 bits per heavy atom. The summed E-state index contributed by atoms with van der Waals surface area (Å²) in [6.45, 7) is 9.07. The Kier molecular flexibility index (Phi) is 6.98. The SMILES string of the molecule is CC.COC(=O)c1c(C#N)nc(N2CCC(O)CC2)c(C)c1C. The molecule has 6 heteroatoms. The van der Waals surface area contributed by atoms with E-state index < -0.39 is 5.97 Å². The van der Waals surface area contributed by atoms with Crippen LogP contribution in [0, 0.1) is 25.2 Å². The summed E-state index contributed by atoms with van der Waals surface area (Å²) >= 11 is 0. The quantitative estimate of drug-likeness (QED) is 0.842. The molecule has 1 aromatic rings. The molecular weight excluding hydrogens is 294 g/mol. The number of aliphatic hydroxyl groups excluding tert-OH is 1. The molecule has 2 rings (SSSR count). The first-order valence-electron chi connectivity index (χ1n) is 7.92. The van der Waals surface area contributed by atoms with Crippen molar-refractivity contribution < 1.29 is 14.6 Å². The molecule has 1 aliphatic rings. The molecule has 1 N–H and O–H groups in total. The minimum absolute atomic E-state index is 0.0890. The molecule has 6 nitrogen and oxygen atoms in total. The van der Waals surface area contributed by atoms with Crippen LogP contribution in [0.25, 0.3) is 0 Å². The second kappa shape index (κ2) is 8.49. The van der Waals surface area contributed by atoms with Crippen LogP contribution in [-0.2, 0) is 4.74 Å². The van der Waals surface area contributed by atoms with Gasteiger partial charge in [0, 0.05) is 13.1 Å². The molecule has 0 spiro atoms. The average molecular weight is 319 g/mol. The van der Waals surface area contributed by atoms with Gasteiger partial charge in [0.15, 0.2) is 5.69 Å². The van der Waals surface area contributed by atoms with Gasteiger partial charge in [0.25, 0.3) is 0 Å². The summed E-state index contributed by atoms with van der Waals surface area (Å²) in [7, 11) is 1.29. The number of anilines is 1. The van der Waals surface area contributed by atoms with E-state index in [0.717, 1.165) is 11.1 Å². The summed E-state index contributed by atoms with van der Waals surface area (Å²) in [6.07, 6.45) is 1.09. The van der Waals surface area contributed by atoms with Gasteiger partial charge in [-0.1, -0.05) is 13.8 Å². The van der Waals surface area contributed by atoms with Crippen molar-refractivity contribution in [1.29, 1.82) is 5.26 Å². The molecule has 1 saturated heterocycles. The molecule has 1 aliphatic heterocycles. The number of carbonyl (C=O) groups is 1. The lowest BCUT2D eigenvalue weighted by atomic mass is 10.0. The van der Waals surface area contributed by atoms with Crippen molar-refractivity contribution in [2.24, 2.45) is 0 Å². The maximum Gasteiger partial charge on any atom is 0.341 e. The standard InChI is InChI=1S/C15H19N3O3.C2H6/c1-9-10(2)14(18-6-4-11(19)5-7-18)17-12(8-16)13(9)15(20)21-3;1-2/h11,19H,4-7H2,1-3H3;1-2H3. The number of nitrogens with zero attached hydrogens (tertiary/aromatic N) is 3. The molecule has 0 amide bonds. The summed E-state index contributed by atoms with van der Waals surface area (Å²) in [5.74, 6) is 0.170. The molecule has 0 aliphatic carbocycles. The molecule has 1 aromatic heterocycles. The van der Waals surface area contributed by atoms with Crippen molar-refractivity contribution in [1.82, 2.24) is 4.98 Å². The minimum atomic E-state index is -0.541. The fourth-order valence-corrected chi connectivity index (χ4v) is 2.60. The van der Waals surface area contributed by atoms with Crippen LogP contribution >= 0.6 is 0 Å². The van der Waals surface area contributed by atoms with Crippen LogP contribution in [0.2, 0.25) is 0 Å². The van der Waals surface area contributed by atoms with Crippen molar-refractivity contribution in [2.75, 3.05) is 25.1 Å². The number of nitriles is 1. The van der Waals surface area contributed by atoms with Crippen LogP contribution in [0.4, 0.5) is 5.82 Å². The van der Waals surface area contributed by atoms with Crippen molar-refractivity contribution in [3.8, 4) is 6.07 Å². The van der Waals surface area contributed by atoms with Crippen molar-refractivity contribution in [2.45, 2.75) is 46.6 Å². The van der Waals surface area contributed by atoms with Crippen LogP contribution in [0.5, 0.6) is 0 Å². The zero-order valence-electron chi connectivity index (χ0n) is 14.5. The van der Waals surface area contributed by atoms with Crippen molar-refractivity contribution in [3.63, 3.8) is 0 Å². The summed E-state index contributed by atoms with van der Waals surface area (Å²) in [4.78, 5) is 18.2. The summed E-state index contributed by atoms with van der Waals surface area (Å²) < 4.78 is 4.74. The summed E-state index contributed by atoms with van der Waals surface area (Å²) in [5, 5.41) is 18.9. The number of esters is 1. The molecule has 0 aromatic carbocycles. The van der Waals surface area contributed by atoms with Crippen LogP contribution in [0.1, 0.15) is 53.9 Å². The van der Waals surface area contributed by atoms with Crippen molar-refractivity contribution >= 4 is 11.8 Å². The van der Waals surface area contributed by atoms with Crippen LogP contribution in [0.15, 0.2) is 0 Å². The van der Waals surface area contributed by atoms with Gasteiger partial charge in [0.2, 0.25) is 0 Å². The number of ether oxygens (including phenoxy) is 1. The van der Waals surface area contributed by atoms with Gasteiger partial charge in [0.1, 0.15) is 11.9 Å². The Bertz CT molecular complexity index is 600. The maximum atomic E-state index is 11.8. The monoisotopic (exact) mass is 319 g/mol. The van der Waals surface area contributed by atoms with E-state index in [2.05, 4.69) is 9.88 Å². The molecule has 0 atom stereocenters. The zero-order valence-corrected chi connectivity index (χ0v) is 14.5. The van der Waals surface area contributed by atoms with Crippen LogP contribution in [0.3, 0.4) is 0 Å². The highest BCUT2D eigenvalue weighted by atomic mass is 16.5. The fourth-order valence-electron chi connectivity index (χ4n) is 2.60. The van der Waals surface area contributed by atoms with E-state index in [-0.39, 0.29) is 17.4 Å². The lowest BCUT2D eigenvalue weighted by molar-refractivity contribution is 0.0599. The smallest absolute Gasteiger partial charge is 0.341 e. The number of hydrogen-bond donors (Lipinski definition) is 1. The van der Waals surface area contributed by atoms with Gasteiger partial charge in [-0.2, -0.15) is 5.26 Å². The van der Waals surface area contributed by atoms with Gasteiger partial charge in [-0.15, -0.1) is 0 Å². The summed E-state index contributed by atoms with van der Waals surface area (Å²) in [5.41, 5.74) is 1.91. The van der Waals surface area contributed by atoms with Crippen LogP contribution in [-0.4, -0.2) is 42.4 Å². The predicted molar refractivity (Wildman–Crippen MR) is 88.6 cm³/mol. The molecule has 2 heterocycles. The van der Waals surface area contributed by atoms with Gasteiger partial charge in [-0.3, -0.25) is 0 Å². The maximum absolute atomic E-state index is 11.8. The molecule has 0 saturated carbocycles. The largest absolute Gasteiger partial charge is 0.465 e. The summed E-state index contributed by atoms with van der Waals surface area (Å²) in [6, 6.07) is 1.98. The third-order valence-corrected chi connectivity index (χ3v) is 3.99. The Balaban J connectivity index is 0.00000127. The lowest BCUT2D eigenvalue weighted by Gasteiger charge is -2.32. The molecule has 1 fully saturated rings. The molecular formula is C17H25N3O3. The molecule has 23 heavy (non-hydrogen) atoms. The number of rotatable bonds is 2. The van der Waals surface area contributed by atoms with E-state index in [1.807, 2.05) is 26.8 Å². The average Bonchev–Trinajstić information content (AvgIpc) is 2.59. The number of hydrogen-bond acceptors (Lipinski definition) is 6. The van der Waals surface area contributed by atoms with Crippen LogP contribution < -0.4 is 4.90 Å². The minimum Gasteiger partial charge on any atom is -0.465 e. The van der Waals surface area contributed by atoms with E-state index in [0.29, 0.717) is 31.7 Å². The molecule has 126 valence electrons. The Labute approximate surface area is 137 Å². The zero-order chi connectivity index (χ0) is 17.6. The lowest BCUT2D eigenvalue weighted by Crippen LogP contribution is -2.37. The second-order valence-electron chi connectivity index (χ2n) is 5.23. The van der Waals surface area contributed by atoms with E-state index >= 15 is 0 Å². The Morgan fingerprint density at radius 1 is 1.30 bits per heavy atom. The van der Waals surface area contributed by atoms with E-state index in [4.69, 9.17) is 4.74 Å². The third-order valence-electron chi connectivity index (χ3n) is 3.99. The van der Waals surface area contributed by atoms with Gasteiger partial charge in [-0.25, -0.2) is 9.78 Å². The molecule has 0 unspecified atom stereocenters. The third kappa shape index (κ3) is 3.99. The van der Waals surface area contributed by atoms with Crippen molar-refractivity contribution in [3.05, 3.63) is 22.4 Å². The number of pyridine rings is 1. The van der Waals surface area contributed by atoms with Gasteiger partial charge < -0.3 is 14.7 Å². The molecule has 0 radical (unpaired) electrons. The molecule has 0 bridgehead atoms. The highest BCUT2D eigenvalue weighted by Gasteiger charge is 2.25. The first-order valence-corrected chi connectivity index (χ1v) is 7.92. The Morgan fingerprint density at radius 3 is 2.35 bits per heavy atom. The van der Waals surface area contributed by atoms with E-state index in [9.17, 15) is 15.2 Å². The topological polar surface area (TPSA) is 86.5 Å². The highest BCUT2D eigenvalue weighted by molar-refractivity contribution is 5.94. The first kappa shape index (κ1) is 18.9. The fraction of sp³-hybridized carbons (Fsp3) is 0.588. The van der Waals surface area contributed by atoms with Gasteiger partial charge >= 0.3 is 5.97 Å². The van der Waals surface area contributed by atoms with E-state index in [1.165, 1.54) is 7.11 Å². The second-order valence-corrected chi connectivity index (χ2v) is 5.23. The normalized spacial score (nSPS) is 14.6. The number of aromatic nitrogens is 1. The number of methoxy groups -OCH3 is 1.